The fraction of sp³-hybridized carbons (Fsp3) is 0.120. The van der Waals surface area contributed by atoms with Gasteiger partial charge in [-0.1, -0.05) is 23.7 Å². The summed E-state index contributed by atoms with van der Waals surface area (Å²) in [6.45, 7) is 1.70. The fourth-order valence-electron chi connectivity index (χ4n) is 3.51. The van der Waals surface area contributed by atoms with E-state index in [4.69, 9.17) is 21.1 Å². The van der Waals surface area contributed by atoms with Gasteiger partial charge in [0.1, 0.15) is 17.2 Å². The van der Waals surface area contributed by atoms with Crippen molar-refractivity contribution >= 4 is 29.2 Å². The summed E-state index contributed by atoms with van der Waals surface area (Å²) in [6, 6.07) is 20.2. The number of benzene rings is 3. The zero-order valence-corrected chi connectivity index (χ0v) is 18.8. The Hall–Kier alpha value is -3.97. The van der Waals surface area contributed by atoms with Gasteiger partial charge < -0.3 is 25.4 Å². The monoisotopic (exact) mass is 463 g/mol. The maximum Gasteiger partial charge on any atom is 0.319 e. The molecule has 7 nitrogen and oxygen atoms in total. The molecule has 0 radical (unpaired) electrons. The van der Waals surface area contributed by atoms with E-state index < -0.39 is 6.04 Å². The van der Waals surface area contributed by atoms with Gasteiger partial charge in [0.05, 0.1) is 18.7 Å². The predicted molar refractivity (Wildman–Crippen MR) is 127 cm³/mol. The van der Waals surface area contributed by atoms with E-state index in [1.54, 1.807) is 74.7 Å². The van der Waals surface area contributed by atoms with Crippen LogP contribution in [-0.2, 0) is 4.79 Å². The van der Waals surface area contributed by atoms with E-state index in [0.29, 0.717) is 44.8 Å². The molecule has 4 rings (SSSR count). The first kappa shape index (κ1) is 22.2. The molecule has 0 aliphatic carbocycles. The van der Waals surface area contributed by atoms with Crippen molar-refractivity contribution in [1.82, 2.24) is 10.6 Å². The van der Waals surface area contributed by atoms with Crippen LogP contribution in [0.3, 0.4) is 0 Å². The van der Waals surface area contributed by atoms with E-state index in [2.05, 4.69) is 16.0 Å². The molecule has 0 saturated carbocycles. The lowest BCUT2D eigenvalue weighted by Gasteiger charge is -2.29. The maximum absolute atomic E-state index is 13.2. The topological polar surface area (TPSA) is 88.7 Å². The molecule has 1 heterocycles. The van der Waals surface area contributed by atoms with Crippen LogP contribution in [0.5, 0.6) is 17.2 Å². The second-order valence-electron chi connectivity index (χ2n) is 7.38. The second kappa shape index (κ2) is 9.67. The number of methoxy groups -OCH3 is 1. The molecular formula is C25H22ClN3O4. The number of halogens is 1. The van der Waals surface area contributed by atoms with Crippen molar-refractivity contribution in [3.63, 3.8) is 0 Å². The van der Waals surface area contributed by atoms with E-state index in [-0.39, 0.29) is 11.9 Å². The maximum atomic E-state index is 13.2. The number of carbonyl (C=O) groups excluding carboxylic acids is 2. The van der Waals surface area contributed by atoms with Crippen LogP contribution in [0.4, 0.5) is 10.5 Å². The fourth-order valence-corrected chi connectivity index (χ4v) is 3.64. The molecule has 1 atom stereocenters. The molecule has 0 bridgehead atoms. The highest BCUT2D eigenvalue weighted by atomic mass is 35.5. The Bertz CT molecular complexity index is 1210. The van der Waals surface area contributed by atoms with Gasteiger partial charge in [-0.05, 0) is 73.2 Å². The minimum Gasteiger partial charge on any atom is -0.497 e. The second-order valence-corrected chi connectivity index (χ2v) is 7.82. The van der Waals surface area contributed by atoms with Crippen molar-refractivity contribution < 1.29 is 19.1 Å². The number of carbonyl (C=O) groups is 2. The number of allylic oxidation sites excluding steroid dienone is 1. The Balaban J connectivity index is 1.60. The van der Waals surface area contributed by atoms with Crippen molar-refractivity contribution in [3.05, 3.63) is 94.7 Å². The number of amides is 3. The third kappa shape index (κ3) is 5.27. The van der Waals surface area contributed by atoms with Crippen molar-refractivity contribution in [1.29, 1.82) is 0 Å². The van der Waals surface area contributed by atoms with E-state index in [1.807, 2.05) is 12.1 Å². The quantitative estimate of drug-likeness (QED) is 0.456. The third-order valence-corrected chi connectivity index (χ3v) is 5.35. The standard InChI is InChI=1S/C25H22ClN3O4/c1-15-22(24(30)28-18-8-12-19(32-2)13-9-18)23(29-25(31)27-15)16-4-3-5-21(14-16)33-20-10-6-17(26)7-11-20/h3-14,23H,1-2H3,(H,28,30)(H2,27,29,31). The molecule has 1 aliphatic heterocycles. The smallest absolute Gasteiger partial charge is 0.319 e. The summed E-state index contributed by atoms with van der Waals surface area (Å²) in [6.07, 6.45) is 0. The Labute approximate surface area is 196 Å². The Morgan fingerprint density at radius 3 is 2.36 bits per heavy atom. The van der Waals surface area contributed by atoms with Crippen molar-refractivity contribution in [2.45, 2.75) is 13.0 Å². The van der Waals surface area contributed by atoms with Gasteiger partial charge in [0.25, 0.3) is 5.91 Å². The molecular weight excluding hydrogens is 442 g/mol. The van der Waals surface area contributed by atoms with Crippen molar-refractivity contribution in [2.24, 2.45) is 0 Å². The van der Waals surface area contributed by atoms with Crippen molar-refractivity contribution in [2.75, 3.05) is 12.4 Å². The lowest BCUT2D eigenvalue weighted by molar-refractivity contribution is -0.113. The number of hydrogen-bond acceptors (Lipinski definition) is 4. The van der Waals surface area contributed by atoms with Crippen LogP contribution < -0.4 is 25.4 Å². The Kier molecular flexibility index (Phi) is 6.51. The predicted octanol–water partition coefficient (Wildman–Crippen LogP) is 5.41. The summed E-state index contributed by atoms with van der Waals surface area (Å²) < 4.78 is 11.1. The minimum atomic E-state index is -0.661. The van der Waals surface area contributed by atoms with Gasteiger partial charge in [0.15, 0.2) is 0 Å². The number of urea groups is 1. The highest BCUT2D eigenvalue weighted by Gasteiger charge is 2.31. The molecule has 8 heteroatoms. The summed E-state index contributed by atoms with van der Waals surface area (Å²) in [5.41, 5.74) is 2.18. The molecule has 3 aromatic rings. The van der Waals surface area contributed by atoms with Gasteiger partial charge in [0, 0.05) is 16.4 Å². The SMILES string of the molecule is COc1ccc(NC(=O)C2=C(C)NC(=O)NC2c2cccc(Oc3ccc(Cl)cc3)c2)cc1. The summed E-state index contributed by atoms with van der Waals surface area (Å²) >= 11 is 5.94. The van der Waals surface area contributed by atoms with E-state index in [0.717, 1.165) is 0 Å². The molecule has 1 unspecified atom stereocenters. The molecule has 1 aliphatic rings. The largest absolute Gasteiger partial charge is 0.497 e. The van der Waals surface area contributed by atoms with E-state index >= 15 is 0 Å². The highest BCUT2D eigenvalue weighted by Crippen LogP contribution is 2.31. The molecule has 3 amide bonds. The molecule has 168 valence electrons. The summed E-state index contributed by atoms with van der Waals surface area (Å²) in [4.78, 5) is 25.4. The van der Waals surface area contributed by atoms with Gasteiger partial charge >= 0.3 is 6.03 Å². The van der Waals surface area contributed by atoms with Gasteiger partial charge in [-0.25, -0.2) is 4.79 Å². The molecule has 0 fully saturated rings. The van der Waals surface area contributed by atoms with Crippen LogP contribution in [0.2, 0.25) is 5.02 Å². The van der Waals surface area contributed by atoms with E-state index in [1.165, 1.54) is 0 Å². The first-order valence-electron chi connectivity index (χ1n) is 10.2. The van der Waals surface area contributed by atoms with Gasteiger partial charge in [-0.2, -0.15) is 0 Å². The summed E-state index contributed by atoms with van der Waals surface area (Å²) in [5, 5.41) is 9.01. The molecule has 3 N–H and O–H groups in total. The normalized spacial score (nSPS) is 15.4. The average Bonchev–Trinajstić information content (AvgIpc) is 2.80. The zero-order valence-electron chi connectivity index (χ0n) is 18.0. The summed E-state index contributed by atoms with van der Waals surface area (Å²) in [5.74, 6) is 1.54. The van der Waals surface area contributed by atoms with E-state index in [9.17, 15) is 9.59 Å². The lowest BCUT2D eigenvalue weighted by atomic mass is 9.94. The van der Waals surface area contributed by atoms with Gasteiger partial charge in [-0.15, -0.1) is 0 Å². The third-order valence-electron chi connectivity index (χ3n) is 5.10. The highest BCUT2D eigenvalue weighted by molar-refractivity contribution is 6.30. The van der Waals surface area contributed by atoms with Gasteiger partial charge in [0.2, 0.25) is 0 Å². The van der Waals surface area contributed by atoms with Crippen molar-refractivity contribution in [3.8, 4) is 17.2 Å². The van der Waals surface area contributed by atoms with Crippen LogP contribution in [0, 0.1) is 0 Å². The van der Waals surface area contributed by atoms with Crippen LogP contribution in [-0.4, -0.2) is 19.0 Å². The minimum absolute atomic E-state index is 0.334. The molecule has 0 aromatic heterocycles. The Morgan fingerprint density at radius 1 is 0.970 bits per heavy atom. The average molecular weight is 464 g/mol. The first-order chi connectivity index (χ1) is 15.9. The van der Waals surface area contributed by atoms with Crippen LogP contribution in [0.1, 0.15) is 18.5 Å². The molecule has 33 heavy (non-hydrogen) atoms. The number of nitrogens with one attached hydrogen (secondary N) is 3. The Morgan fingerprint density at radius 2 is 1.67 bits per heavy atom. The molecule has 0 spiro atoms. The molecule has 0 saturated heterocycles. The first-order valence-corrected chi connectivity index (χ1v) is 10.6. The lowest BCUT2D eigenvalue weighted by Crippen LogP contribution is -2.45. The number of ether oxygens (including phenoxy) is 2. The van der Waals surface area contributed by atoms with Crippen LogP contribution in [0.15, 0.2) is 84.1 Å². The number of hydrogen-bond donors (Lipinski definition) is 3. The number of anilines is 1. The molecule has 3 aromatic carbocycles. The van der Waals surface area contributed by atoms with Crippen LogP contribution >= 0.6 is 11.6 Å². The van der Waals surface area contributed by atoms with Crippen LogP contribution in [0.25, 0.3) is 0 Å². The number of rotatable bonds is 6. The zero-order chi connectivity index (χ0) is 23.4. The van der Waals surface area contributed by atoms with Gasteiger partial charge in [-0.3, -0.25) is 4.79 Å². The summed E-state index contributed by atoms with van der Waals surface area (Å²) in [7, 11) is 1.58.